The van der Waals surface area contributed by atoms with Gasteiger partial charge in [-0.2, -0.15) is 0 Å². The maximum Gasteiger partial charge on any atom is 0.164 e. The molecule has 4 heteroatoms. The molecule has 64 heavy (non-hydrogen) atoms. The average Bonchev–Trinajstić information content (AvgIpc) is 3.86. The number of rotatable bonds is 7. The molecule has 2 aromatic heterocycles. The Balaban J connectivity index is 0.930. The smallest absolute Gasteiger partial charge is 0.164 e. The summed E-state index contributed by atoms with van der Waals surface area (Å²) in [7, 11) is 0. The largest absolute Gasteiger partial charge is 0.456 e. The normalized spacial score (nSPS) is 12.7. The van der Waals surface area contributed by atoms with Crippen molar-refractivity contribution >= 4 is 21.9 Å². The van der Waals surface area contributed by atoms with E-state index in [1.165, 1.54) is 38.9 Å². The summed E-state index contributed by atoms with van der Waals surface area (Å²) in [4.78, 5) is 15.4. The second-order valence-electron chi connectivity index (χ2n) is 17.2. The molecule has 0 radical (unpaired) electrons. The predicted octanol–water partition coefficient (Wildman–Crippen LogP) is 15.7. The van der Waals surface area contributed by atoms with Crippen LogP contribution in [0.1, 0.15) is 25.0 Å². The van der Waals surface area contributed by atoms with E-state index in [2.05, 4.69) is 208 Å². The van der Waals surface area contributed by atoms with Gasteiger partial charge in [-0.15, -0.1) is 0 Å². The van der Waals surface area contributed by atoms with Crippen LogP contribution < -0.4 is 0 Å². The van der Waals surface area contributed by atoms with Gasteiger partial charge in [-0.1, -0.05) is 190 Å². The average molecular weight is 820 g/mol. The van der Waals surface area contributed by atoms with Crippen molar-refractivity contribution in [3.63, 3.8) is 0 Å². The predicted molar refractivity (Wildman–Crippen MR) is 263 cm³/mol. The summed E-state index contributed by atoms with van der Waals surface area (Å²) in [5.41, 5.74) is 18.8. The van der Waals surface area contributed by atoms with E-state index in [-0.39, 0.29) is 5.41 Å². The molecule has 0 saturated heterocycles. The molecule has 1 aliphatic rings. The third kappa shape index (κ3) is 6.34. The van der Waals surface area contributed by atoms with Crippen molar-refractivity contribution < 1.29 is 4.42 Å². The lowest BCUT2D eigenvalue weighted by molar-refractivity contribution is 0.662. The molecule has 11 aromatic rings. The maximum atomic E-state index is 6.60. The molecule has 12 rings (SSSR count). The zero-order valence-corrected chi connectivity index (χ0v) is 35.5. The Morgan fingerprint density at radius 3 is 1.53 bits per heavy atom. The molecular weight excluding hydrogens is 779 g/mol. The van der Waals surface area contributed by atoms with Crippen LogP contribution in [-0.4, -0.2) is 15.0 Å². The summed E-state index contributed by atoms with van der Waals surface area (Å²) >= 11 is 0. The number of hydrogen-bond acceptors (Lipinski definition) is 4. The Labute approximate surface area is 372 Å². The third-order valence-electron chi connectivity index (χ3n) is 12.9. The standard InChI is InChI=1S/C60H41N3O/c1-60(2)52-30-10-9-26-49(52)50-29-14-28-48(56(50)60)44-23-13-25-46(36-44)59-62-57(39-18-7-4-8-19-39)61-58(63-59)45-24-12-21-41(35-45)42-32-33-51-54(37-42)64-53-31-15-27-47(55(51)53)43-22-11-20-40(34-43)38-16-5-3-6-17-38/h3-37H,1-2H3. The second-order valence-corrected chi connectivity index (χ2v) is 17.2. The summed E-state index contributed by atoms with van der Waals surface area (Å²) in [6, 6.07) is 74.9. The maximum absolute atomic E-state index is 6.60. The van der Waals surface area contributed by atoms with Gasteiger partial charge in [-0.25, -0.2) is 15.0 Å². The van der Waals surface area contributed by atoms with Crippen LogP contribution in [0.2, 0.25) is 0 Å². The van der Waals surface area contributed by atoms with Crippen molar-refractivity contribution in [1.82, 2.24) is 15.0 Å². The number of fused-ring (bicyclic) bond motifs is 6. The highest BCUT2D eigenvalue weighted by Crippen LogP contribution is 2.52. The third-order valence-corrected chi connectivity index (χ3v) is 12.9. The Bertz CT molecular complexity index is 3590. The van der Waals surface area contributed by atoms with E-state index in [9.17, 15) is 0 Å². The molecule has 0 amide bonds. The van der Waals surface area contributed by atoms with Gasteiger partial charge in [0.1, 0.15) is 11.2 Å². The number of furan rings is 1. The molecule has 0 fully saturated rings. The summed E-state index contributed by atoms with van der Waals surface area (Å²) < 4.78 is 6.60. The van der Waals surface area contributed by atoms with E-state index < -0.39 is 0 Å². The quantitative estimate of drug-likeness (QED) is 0.161. The number of benzene rings is 9. The van der Waals surface area contributed by atoms with Crippen molar-refractivity contribution in [2.75, 3.05) is 0 Å². The van der Waals surface area contributed by atoms with Gasteiger partial charge >= 0.3 is 0 Å². The zero-order chi connectivity index (χ0) is 42.8. The van der Waals surface area contributed by atoms with Crippen LogP contribution in [0.5, 0.6) is 0 Å². The van der Waals surface area contributed by atoms with E-state index in [0.29, 0.717) is 17.5 Å². The molecule has 0 aliphatic heterocycles. The van der Waals surface area contributed by atoms with Crippen LogP contribution in [0.3, 0.4) is 0 Å². The SMILES string of the molecule is CC1(C)c2ccccc2-c2cccc(-c3cccc(-c4nc(-c5ccccc5)nc(-c5cccc(-c6ccc7c(c6)oc6cccc(-c8cccc(-c9ccccc9)c8)c67)c5)n4)c3)c21. The molecule has 0 saturated carbocycles. The van der Waals surface area contributed by atoms with Crippen molar-refractivity contribution in [3.8, 4) is 89.8 Å². The Morgan fingerprint density at radius 2 is 0.797 bits per heavy atom. The van der Waals surface area contributed by atoms with E-state index >= 15 is 0 Å². The Kier molecular flexibility index (Phi) is 8.80. The first kappa shape index (κ1) is 37.5. The van der Waals surface area contributed by atoms with Crippen molar-refractivity contribution in [3.05, 3.63) is 223 Å². The van der Waals surface area contributed by atoms with E-state index in [1.54, 1.807) is 0 Å². The minimum atomic E-state index is -0.141. The monoisotopic (exact) mass is 819 g/mol. The highest BCUT2D eigenvalue weighted by Gasteiger charge is 2.37. The topological polar surface area (TPSA) is 51.8 Å². The summed E-state index contributed by atoms with van der Waals surface area (Å²) in [6.07, 6.45) is 0. The van der Waals surface area contributed by atoms with Gasteiger partial charge in [0.15, 0.2) is 17.5 Å². The van der Waals surface area contributed by atoms with E-state index in [1.807, 2.05) is 18.2 Å². The first-order chi connectivity index (χ1) is 31.5. The van der Waals surface area contributed by atoms with E-state index in [4.69, 9.17) is 19.4 Å². The molecule has 0 N–H and O–H groups in total. The van der Waals surface area contributed by atoms with Gasteiger partial charge in [0, 0.05) is 32.9 Å². The fourth-order valence-corrected chi connectivity index (χ4v) is 9.85. The van der Waals surface area contributed by atoms with Crippen LogP contribution in [0, 0.1) is 0 Å². The van der Waals surface area contributed by atoms with Gasteiger partial charge < -0.3 is 4.42 Å². The molecule has 9 aromatic carbocycles. The van der Waals surface area contributed by atoms with Gasteiger partial charge in [-0.05, 0) is 103 Å². The van der Waals surface area contributed by atoms with Gasteiger partial charge in [0.05, 0.1) is 0 Å². The lowest BCUT2D eigenvalue weighted by Gasteiger charge is -2.24. The zero-order valence-electron chi connectivity index (χ0n) is 35.5. The highest BCUT2D eigenvalue weighted by molar-refractivity contribution is 6.13. The lowest BCUT2D eigenvalue weighted by Crippen LogP contribution is -2.16. The van der Waals surface area contributed by atoms with Crippen LogP contribution in [0.4, 0.5) is 0 Å². The van der Waals surface area contributed by atoms with Crippen molar-refractivity contribution in [1.29, 1.82) is 0 Å². The van der Waals surface area contributed by atoms with Crippen molar-refractivity contribution in [2.45, 2.75) is 19.3 Å². The summed E-state index contributed by atoms with van der Waals surface area (Å²) in [5.74, 6) is 1.86. The van der Waals surface area contributed by atoms with Crippen molar-refractivity contribution in [2.24, 2.45) is 0 Å². The molecule has 302 valence electrons. The second kappa shape index (κ2) is 15.0. The minimum Gasteiger partial charge on any atom is -0.456 e. The van der Waals surface area contributed by atoms with Gasteiger partial charge in [-0.3, -0.25) is 0 Å². The van der Waals surface area contributed by atoms with Gasteiger partial charge in [0.2, 0.25) is 0 Å². The molecule has 0 spiro atoms. The first-order valence-corrected chi connectivity index (χ1v) is 21.8. The molecule has 0 atom stereocenters. The Morgan fingerprint density at radius 1 is 0.328 bits per heavy atom. The van der Waals surface area contributed by atoms with Gasteiger partial charge in [0.25, 0.3) is 0 Å². The Hall–Kier alpha value is -8.21. The molecule has 4 nitrogen and oxygen atoms in total. The molecule has 2 heterocycles. The highest BCUT2D eigenvalue weighted by atomic mass is 16.3. The first-order valence-electron chi connectivity index (χ1n) is 21.8. The fourth-order valence-electron chi connectivity index (χ4n) is 9.85. The molecule has 0 bridgehead atoms. The lowest BCUT2D eigenvalue weighted by atomic mass is 9.79. The molecular formula is C60H41N3O. The summed E-state index contributed by atoms with van der Waals surface area (Å²) in [6.45, 7) is 4.67. The fraction of sp³-hybridized carbons (Fsp3) is 0.0500. The molecule has 1 aliphatic carbocycles. The van der Waals surface area contributed by atoms with Crippen LogP contribution in [0.25, 0.3) is 112 Å². The van der Waals surface area contributed by atoms with Crippen LogP contribution in [-0.2, 0) is 5.41 Å². The number of nitrogens with zero attached hydrogens (tertiary/aromatic N) is 3. The van der Waals surface area contributed by atoms with Crippen LogP contribution >= 0.6 is 0 Å². The minimum absolute atomic E-state index is 0.141. The molecule has 0 unspecified atom stereocenters. The van der Waals surface area contributed by atoms with E-state index in [0.717, 1.165) is 66.4 Å². The number of aromatic nitrogens is 3. The summed E-state index contributed by atoms with van der Waals surface area (Å²) in [5, 5.41) is 2.20. The number of hydrogen-bond donors (Lipinski definition) is 0. The van der Waals surface area contributed by atoms with Crippen LogP contribution in [0.15, 0.2) is 217 Å².